The van der Waals surface area contributed by atoms with E-state index in [2.05, 4.69) is 10.3 Å². The number of aliphatic hydroxyl groups is 1. The zero-order valence-electron chi connectivity index (χ0n) is 11.9. The van der Waals surface area contributed by atoms with Crippen molar-refractivity contribution in [2.24, 2.45) is 0 Å². The summed E-state index contributed by atoms with van der Waals surface area (Å²) < 4.78 is 5.48. The average molecular weight is 307 g/mol. The predicted octanol–water partition coefficient (Wildman–Crippen LogP) is 2.57. The molecule has 5 heteroatoms. The fraction of sp³-hybridized carbons (Fsp3) is 0.312. The minimum Gasteiger partial charge on any atom is -0.491 e. The van der Waals surface area contributed by atoms with Gasteiger partial charge in [-0.15, -0.1) is 0 Å². The summed E-state index contributed by atoms with van der Waals surface area (Å²) in [5.74, 6) is 0.655. The lowest BCUT2D eigenvalue weighted by Crippen LogP contribution is -2.31. The number of aryl methyl sites for hydroxylation is 1. The SMILES string of the molecule is Cc1cccc(CNCC(O)COc2cccc(Cl)c2)n1. The first-order chi connectivity index (χ1) is 10.1. The van der Waals surface area contributed by atoms with Crippen molar-refractivity contribution in [2.45, 2.75) is 19.6 Å². The number of hydrogen-bond donors (Lipinski definition) is 2. The van der Waals surface area contributed by atoms with Crippen LogP contribution in [0.15, 0.2) is 42.5 Å². The summed E-state index contributed by atoms with van der Waals surface area (Å²) >= 11 is 5.86. The number of aromatic nitrogens is 1. The van der Waals surface area contributed by atoms with Crippen LogP contribution >= 0.6 is 11.6 Å². The molecule has 0 aliphatic carbocycles. The lowest BCUT2D eigenvalue weighted by Gasteiger charge is -2.13. The third-order valence-electron chi connectivity index (χ3n) is 2.87. The van der Waals surface area contributed by atoms with Gasteiger partial charge < -0.3 is 15.2 Å². The van der Waals surface area contributed by atoms with Gasteiger partial charge in [-0.05, 0) is 37.3 Å². The molecule has 0 saturated heterocycles. The van der Waals surface area contributed by atoms with Crippen molar-refractivity contribution in [1.29, 1.82) is 0 Å². The first kappa shape index (κ1) is 15.8. The Morgan fingerprint density at radius 2 is 2.10 bits per heavy atom. The zero-order valence-corrected chi connectivity index (χ0v) is 12.7. The summed E-state index contributed by atoms with van der Waals surface area (Å²) in [5, 5.41) is 13.6. The Morgan fingerprint density at radius 3 is 2.86 bits per heavy atom. The number of ether oxygens (including phenoxy) is 1. The smallest absolute Gasteiger partial charge is 0.120 e. The van der Waals surface area contributed by atoms with Crippen molar-refractivity contribution in [3.63, 3.8) is 0 Å². The Labute approximate surface area is 129 Å². The molecule has 1 unspecified atom stereocenters. The molecule has 21 heavy (non-hydrogen) atoms. The number of nitrogens with one attached hydrogen (secondary N) is 1. The number of pyridine rings is 1. The van der Waals surface area contributed by atoms with Crippen LogP contribution in [0.25, 0.3) is 0 Å². The highest BCUT2D eigenvalue weighted by Gasteiger charge is 2.05. The second-order valence-corrected chi connectivity index (χ2v) is 5.26. The van der Waals surface area contributed by atoms with Gasteiger partial charge in [0.05, 0.1) is 5.69 Å². The van der Waals surface area contributed by atoms with E-state index in [0.717, 1.165) is 11.4 Å². The van der Waals surface area contributed by atoms with E-state index in [0.29, 0.717) is 23.9 Å². The first-order valence-electron chi connectivity index (χ1n) is 6.83. The number of rotatable bonds is 7. The molecule has 2 rings (SSSR count). The molecule has 0 spiro atoms. The van der Waals surface area contributed by atoms with Crippen LogP contribution < -0.4 is 10.1 Å². The van der Waals surface area contributed by atoms with Gasteiger partial charge in [0, 0.05) is 23.8 Å². The molecule has 1 aromatic heterocycles. The molecular formula is C16H19ClN2O2. The highest BCUT2D eigenvalue weighted by Crippen LogP contribution is 2.17. The normalized spacial score (nSPS) is 12.1. The highest BCUT2D eigenvalue weighted by atomic mass is 35.5. The summed E-state index contributed by atoms with van der Waals surface area (Å²) in [6, 6.07) is 13.0. The van der Waals surface area contributed by atoms with E-state index in [4.69, 9.17) is 16.3 Å². The number of halogens is 1. The number of aliphatic hydroxyl groups excluding tert-OH is 1. The van der Waals surface area contributed by atoms with Gasteiger partial charge in [-0.2, -0.15) is 0 Å². The predicted molar refractivity (Wildman–Crippen MR) is 83.6 cm³/mol. The molecule has 0 radical (unpaired) electrons. The lowest BCUT2D eigenvalue weighted by molar-refractivity contribution is 0.106. The molecule has 0 aliphatic rings. The van der Waals surface area contributed by atoms with Crippen LogP contribution in [0.5, 0.6) is 5.75 Å². The lowest BCUT2D eigenvalue weighted by atomic mass is 10.3. The van der Waals surface area contributed by atoms with E-state index in [9.17, 15) is 5.11 Å². The molecule has 112 valence electrons. The largest absolute Gasteiger partial charge is 0.491 e. The van der Waals surface area contributed by atoms with E-state index < -0.39 is 6.10 Å². The van der Waals surface area contributed by atoms with E-state index in [1.54, 1.807) is 12.1 Å². The van der Waals surface area contributed by atoms with E-state index in [1.807, 2.05) is 37.3 Å². The van der Waals surface area contributed by atoms with Crippen LogP contribution in [0.3, 0.4) is 0 Å². The minimum absolute atomic E-state index is 0.217. The fourth-order valence-corrected chi connectivity index (χ4v) is 2.05. The van der Waals surface area contributed by atoms with Crippen LogP contribution in [0, 0.1) is 6.92 Å². The molecule has 0 fully saturated rings. The van der Waals surface area contributed by atoms with E-state index in [1.165, 1.54) is 0 Å². The number of hydrogen-bond acceptors (Lipinski definition) is 4. The molecule has 0 bridgehead atoms. The third kappa shape index (κ3) is 5.71. The second-order valence-electron chi connectivity index (χ2n) is 4.82. The summed E-state index contributed by atoms with van der Waals surface area (Å²) in [6.07, 6.45) is -0.589. The molecule has 0 amide bonds. The molecule has 1 atom stereocenters. The summed E-state index contributed by atoms with van der Waals surface area (Å²) in [6.45, 7) is 3.23. The molecule has 2 aromatic rings. The molecular weight excluding hydrogens is 288 g/mol. The Kier molecular flexibility index (Phi) is 5.99. The van der Waals surface area contributed by atoms with Gasteiger partial charge in [-0.1, -0.05) is 23.7 Å². The van der Waals surface area contributed by atoms with Crippen LogP contribution in [-0.2, 0) is 6.54 Å². The van der Waals surface area contributed by atoms with Gasteiger partial charge in [0.2, 0.25) is 0 Å². The van der Waals surface area contributed by atoms with Crippen molar-refractivity contribution in [3.05, 3.63) is 58.9 Å². The summed E-state index contributed by atoms with van der Waals surface area (Å²) in [7, 11) is 0. The average Bonchev–Trinajstić information content (AvgIpc) is 2.45. The van der Waals surface area contributed by atoms with Crippen LogP contribution in [0.2, 0.25) is 5.02 Å². The van der Waals surface area contributed by atoms with Gasteiger partial charge in [-0.25, -0.2) is 0 Å². The van der Waals surface area contributed by atoms with Crippen molar-refractivity contribution in [1.82, 2.24) is 10.3 Å². The maximum absolute atomic E-state index is 9.87. The van der Waals surface area contributed by atoms with Crippen molar-refractivity contribution in [3.8, 4) is 5.75 Å². The Hall–Kier alpha value is -1.62. The van der Waals surface area contributed by atoms with Crippen LogP contribution in [0.1, 0.15) is 11.4 Å². The fourth-order valence-electron chi connectivity index (χ4n) is 1.87. The van der Waals surface area contributed by atoms with Gasteiger partial charge in [0.15, 0.2) is 0 Å². The number of nitrogens with zero attached hydrogens (tertiary/aromatic N) is 1. The van der Waals surface area contributed by atoms with Crippen LogP contribution in [-0.4, -0.2) is 29.3 Å². The molecule has 0 saturated carbocycles. The maximum atomic E-state index is 9.87. The summed E-state index contributed by atoms with van der Waals surface area (Å²) in [4.78, 5) is 4.38. The van der Waals surface area contributed by atoms with Crippen molar-refractivity contribution in [2.75, 3.05) is 13.2 Å². The van der Waals surface area contributed by atoms with Crippen molar-refractivity contribution >= 4 is 11.6 Å². The second kappa shape index (κ2) is 7.98. The summed E-state index contributed by atoms with van der Waals surface area (Å²) in [5.41, 5.74) is 1.94. The van der Waals surface area contributed by atoms with Crippen molar-refractivity contribution < 1.29 is 9.84 Å². The molecule has 1 heterocycles. The Bertz CT molecular complexity index is 578. The molecule has 2 N–H and O–H groups in total. The van der Waals surface area contributed by atoms with Gasteiger partial charge in [0.1, 0.15) is 18.5 Å². The van der Waals surface area contributed by atoms with Gasteiger partial charge in [-0.3, -0.25) is 4.98 Å². The Balaban J connectivity index is 1.69. The number of benzene rings is 1. The topological polar surface area (TPSA) is 54.4 Å². The van der Waals surface area contributed by atoms with Gasteiger partial charge >= 0.3 is 0 Å². The molecule has 4 nitrogen and oxygen atoms in total. The quantitative estimate of drug-likeness (QED) is 0.825. The monoisotopic (exact) mass is 306 g/mol. The highest BCUT2D eigenvalue weighted by molar-refractivity contribution is 6.30. The minimum atomic E-state index is -0.589. The molecule has 1 aromatic carbocycles. The zero-order chi connectivity index (χ0) is 15.1. The van der Waals surface area contributed by atoms with Gasteiger partial charge in [0.25, 0.3) is 0 Å². The van der Waals surface area contributed by atoms with E-state index >= 15 is 0 Å². The first-order valence-corrected chi connectivity index (χ1v) is 7.21. The van der Waals surface area contributed by atoms with Crippen LogP contribution in [0.4, 0.5) is 0 Å². The third-order valence-corrected chi connectivity index (χ3v) is 3.11. The Morgan fingerprint density at radius 1 is 1.29 bits per heavy atom. The maximum Gasteiger partial charge on any atom is 0.120 e. The standard InChI is InChI=1S/C16H19ClN2O2/c1-12-4-2-6-14(19-12)9-18-10-15(20)11-21-16-7-3-5-13(17)8-16/h2-8,15,18,20H,9-11H2,1H3. The van der Waals surface area contributed by atoms with E-state index in [-0.39, 0.29) is 6.61 Å². The molecule has 0 aliphatic heterocycles.